The molecule has 0 atom stereocenters. The number of guanidine groups is 1. The van der Waals surface area contributed by atoms with Crippen LogP contribution in [-0.4, -0.2) is 68.5 Å². The second-order valence-electron chi connectivity index (χ2n) is 5.81. The van der Waals surface area contributed by atoms with Crippen molar-refractivity contribution in [1.82, 2.24) is 19.7 Å². The summed E-state index contributed by atoms with van der Waals surface area (Å²) in [5.74, 6) is 0.729. The van der Waals surface area contributed by atoms with Crippen molar-refractivity contribution in [1.29, 1.82) is 0 Å². The van der Waals surface area contributed by atoms with E-state index in [2.05, 4.69) is 27.3 Å². The number of nitrogens with zero attached hydrogens (tertiary/aromatic N) is 4. The zero-order chi connectivity index (χ0) is 17.4. The molecule has 1 aliphatic rings. The zero-order valence-corrected chi connectivity index (χ0v) is 15.3. The minimum Gasteiger partial charge on any atom is -0.364 e. The molecule has 1 fully saturated rings. The van der Waals surface area contributed by atoms with Gasteiger partial charge in [-0.3, -0.25) is 4.99 Å². The van der Waals surface area contributed by atoms with Crippen LogP contribution in [0.5, 0.6) is 0 Å². The van der Waals surface area contributed by atoms with E-state index in [1.165, 1.54) is 23.4 Å². The van der Waals surface area contributed by atoms with Crippen molar-refractivity contribution in [3.05, 3.63) is 18.0 Å². The van der Waals surface area contributed by atoms with E-state index in [1.807, 2.05) is 0 Å². The minimum atomic E-state index is -3.36. The smallest absolute Gasteiger partial charge is 0.220 e. The summed E-state index contributed by atoms with van der Waals surface area (Å²) in [5.41, 5.74) is 0.436. The van der Waals surface area contributed by atoms with Crippen LogP contribution in [0.15, 0.2) is 21.8 Å². The Bertz CT molecular complexity index is 607. The number of aliphatic imine (C=N–C) groups is 1. The van der Waals surface area contributed by atoms with E-state index in [4.69, 9.17) is 4.52 Å². The van der Waals surface area contributed by atoms with Crippen LogP contribution in [0.3, 0.4) is 0 Å². The molecule has 0 saturated carbocycles. The van der Waals surface area contributed by atoms with Crippen LogP contribution in [-0.2, 0) is 15.8 Å². The van der Waals surface area contributed by atoms with E-state index in [0.717, 1.165) is 18.9 Å². The van der Waals surface area contributed by atoms with Gasteiger partial charge in [0.05, 0.1) is 5.69 Å². The van der Waals surface area contributed by atoms with E-state index in [-0.39, 0.29) is 5.75 Å². The van der Waals surface area contributed by atoms with Crippen molar-refractivity contribution in [2.75, 3.05) is 39.8 Å². The van der Waals surface area contributed by atoms with Crippen molar-refractivity contribution < 1.29 is 12.9 Å². The number of hydrogen-bond donors (Lipinski definition) is 1. The summed E-state index contributed by atoms with van der Waals surface area (Å²) in [6, 6.07) is 1.58. The second kappa shape index (κ2) is 9.03. The number of piperazine rings is 1. The molecule has 1 saturated heterocycles. The molecule has 2 heterocycles. The first-order valence-electron chi connectivity index (χ1n) is 8.39. The Morgan fingerprint density at radius 3 is 2.67 bits per heavy atom. The number of unbranched alkanes of at least 4 members (excludes halogenated alkanes) is 2. The SMILES string of the molecule is CCCCCNC(=NC)N1CCN(S(=O)(=O)Cc2ccon2)CC1. The average molecular weight is 357 g/mol. The number of sulfonamides is 1. The first kappa shape index (κ1) is 18.7. The minimum absolute atomic E-state index is 0.118. The third kappa shape index (κ3) is 5.20. The quantitative estimate of drug-likeness (QED) is 0.443. The fraction of sp³-hybridized carbons (Fsp3) is 0.733. The van der Waals surface area contributed by atoms with Gasteiger partial charge in [0.2, 0.25) is 10.0 Å². The molecule has 0 aliphatic carbocycles. The van der Waals surface area contributed by atoms with Gasteiger partial charge in [-0.25, -0.2) is 8.42 Å². The summed E-state index contributed by atoms with van der Waals surface area (Å²) in [7, 11) is -1.60. The third-order valence-corrected chi connectivity index (χ3v) is 5.84. The summed E-state index contributed by atoms with van der Waals surface area (Å²) in [4.78, 5) is 6.40. The molecule has 1 aromatic heterocycles. The molecular formula is C15H27N5O3S. The first-order valence-corrected chi connectivity index (χ1v) is 10.0. The fourth-order valence-electron chi connectivity index (χ4n) is 2.68. The lowest BCUT2D eigenvalue weighted by Gasteiger charge is -2.35. The predicted molar refractivity (Wildman–Crippen MR) is 93.2 cm³/mol. The summed E-state index contributed by atoms with van der Waals surface area (Å²) < 4.78 is 31.1. The molecule has 0 spiro atoms. The van der Waals surface area contributed by atoms with Crippen molar-refractivity contribution in [3.8, 4) is 0 Å². The Hall–Kier alpha value is -1.61. The molecule has 0 aromatic carbocycles. The molecule has 1 N–H and O–H groups in total. The van der Waals surface area contributed by atoms with Gasteiger partial charge >= 0.3 is 0 Å². The van der Waals surface area contributed by atoms with E-state index in [1.54, 1.807) is 13.1 Å². The van der Waals surface area contributed by atoms with Crippen LogP contribution in [0.25, 0.3) is 0 Å². The third-order valence-electron chi connectivity index (χ3n) is 4.03. The van der Waals surface area contributed by atoms with Crippen LogP contribution in [0.2, 0.25) is 0 Å². The van der Waals surface area contributed by atoms with Gasteiger partial charge in [0.15, 0.2) is 5.96 Å². The Morgan fingerprint density at radius 1 is 1.33 bits per heavy atom. The highest BCUT2D eigenvalue weighted by atomic mass is 32.2. The van der Waals surface area contributed by atoms with Crippen LogP contribution in [0, 0.1) is 0 Å². The monoisotopic (exact) mass is 357 g/mol. The summed E-state index contributed by atoms with van der Waals surface area (Å²) in [6.45, 7) is 5.24. The lowest BCUT2D eigenvalue weighted by Crippen LogP contribution is -2.54. The highest BCUT2D eigenvalue weighted by Crippen LogP contribution is 2.12. The molecule has 2 rings (SSSR count). The van der Waals surface area contributed by atoms with Crippen LogP contribution in [0.1, 0.15) is 31.9 Å². The Labute approximate surface area is 143 Å². The molecule has 8 nitrogen and oxygen atoms in total. The molecule has 24 heavy (non-hydrogen) atoms. The molecule has 9 heteroatoms. The molecule has 136 valence electrons. The fourth-order valence-corrected chi connectivity index (χ4v) is 4.10. The number of rotatable bonds is 7. The van der Waals surface area contributed by atoms with Crippen LogP contribution in [0.4, 0.5) is 0 Å². The number of hydrogen-bond acceptors (Lipinski definition) is 5. The highest BCUT2D eigenvalue weighted by molar-refractivity contribution is 7.88. The van der Waals surface area contributed by atoms with Gasteiger partial charge in [-0.15, -0.1) is 0 Å². The maximum Gasteiger partial charge on any atom is 0.220 e. The maximum atomic E-state index is 12.4. The highest BCUT2D eigenvalue weighted by Gasteiger charge is 2.28. The van der Waals surface area contributed by atoms with Gasteiger partial charge in [0.25, 0.3) is 0 Å². The molecule has 0 amide bonds. The van der Waals surface area contributed by atoms with Gasteiger partial charge in [-0.1, -0.05) is 24.9 Å². The van der Waals surface area contributed by atoms with Gasteiger partial charge < -0.3 is 14.7 Å². The molecular weight excluding hydrogens is 330 g/mol. The van der Waals surface area contributed by atoms with Crippen LogP contribution < -0.4 is 5.32 Å². The van der Waals surface area contributed by atoms with Gasteiger partial charge in [0.1, 0.15) is 12.0 Å². The van der Waals surface area contributed by atoms with E-state index in [9.17, 15) is 8.42 Å². The second-order valence-corrected chi connectivity index (χ2v) is 7.78. The average Bonchev–Trinajstić information content (AvgIpc) is 3.07. The zero-order valence-electron chi connectivity index (χ0n) is 14.4. The van der Waals surface area contributed by atoms with Crippen molar-refractivity contribution >= 4 is 16.0 Å². The molecule has 0 unspecified atom stereocenters. The topological polar surface area (TPSA) is 91.0 Å². The Kier molecular flexibility index (Phi) is 7.04. The number of aromatic nitrogens is 1. The summed E-state index contributed by atoms with van der Waals surface area (Å²) in [5, 5.41) is 7.03. The van der Waals surface area contributed by atoms with Gasteiger partial charge in [-0.05, 0) is 6.42 Å². The van der Waals surface area contributed by atoms with Gasteiger partial charge in [0, 0.05) is 45.8 Å². The number of nitrogens with one attached hydrogen (secondary N) is 1. The van der Waals surface area contributed by atoms with E-state index >= 15 is 0 Å². The van der Waals surface area contributed by atoms with E-state index in [0.29, 0.717) is 31.9 Å². The normalized spacial score (nSPS) is 17.2. The van der Waals surface area contributed by atoms with Crippen molar-refractivity contribution in [3.63, 3.8) is 0 Å². The lowest BCUT2D eigenvalue weighted by atomic mass is 10.2. The molecule has 0 bridgehead atoms. The molecule has 1 aliphatic heterocycles. The first-order chi connectivity index (χ1) is 11.6. The Balaban J connectivity index is 1.83. The lowest BCUT2D eigenvalue weighted by molar-refractivity contribution is 0.260. The standard InChI is InChI=1S/C15H27N5O3S/c1-3-4-5-7-17-15(16-2)19-8-10-20(11-9-19)24(21,22)13-14-6-12-23-18-14/h6,12H,3-5,7-11,13H2,1-2H3,(H,16,17). The molecule has 0 radical (unpaired) electrons. The largest absolute Gasteiger partial charge is 0.364 e. The van der Waals surface area contributed by atoms with Gasteiger partial charge in [-0.2, -0.15) is 4.31 Å². The maximum absolute atomic E-state index is 12.4. The van der Waals surface area contributed by atoms with Crippen molar-refractivity contribution in [2.24, 2.45) is 4.99 Å². The Morgan fingerprint density at radius 2 is 2.08 bits per heavy atom. The predicted octanol–water partition coefficient (Wildman–Crippen LogP) is 0.888. The summed E-state index contributed by atoms with van der Waals surface area (Å²) >= 11 is 0. The summed E-state index contributed by atoms with van der Waals surface area (Å²) in [6.07, 6.45) is 4.87. The van der Waals surface area contributed by atoms with Crippen molar-refractivity contribution in [2.45, 2.75) is 31.9 Å². The molecule has 1 aromatic rings. The van der Waals surface area contributed by atoms with Crippen LogP contribution >= 0.6 is 0 Å². The van der Waals surface area contributed by atoms with E-state index < -0.39 is 10.0 Å².